The molecule has 0 saturated carbocycles. The highest BCUT2D eigenvalue weighted by Gasteiger charge is 2.13. The third-order valence-electron chi connectivity index (χ3n) is 3.67. The Hall–Kier alpha value is -3.35. The summed E-state index contributed by atoms with van der Waals surface area (Å²) >= 11 is 0. The maximum Gasteiger partial charge on any atom is 0.339 e. The first kappa shape index (κ1) is 16.5. The van der Waals surface area contributed by atoms with Gasteiger partial charge in [0, 0.05) is 23.9 Å². The maximum absolute atomic E-state index is 12.0. The average Bonchev–Trinajstić information content (AvgIpc) is 3.11. The molecule has 25 heavy (non-hydrogen) atoms. The molecule has 0 bridgehead atoms. The Morgan fingerprint density at radius 2 is 2.00 bits per heavy atom. The van der Waals surface area contributed by atoms with Gasteiger partial charge in [0.15, 0.2) is 5.76 Å². The van der Waals surface area contributed by atoms with Crippen LogP contribution in [0.1, 0.15) is 16.1 Å². The molecule has 0 aliphatic carbocycles. The number of pyridine rings is 1. The molecule has 1 aromatic carbocycles. The van der Waals surface area contributed by atoms with Gasteiger partial charge >= 0.3 is 5.97 Å². The van der Waals surface area contributed by atoms with Crippen LogP contribution in [0.15, 0.2) is 58.0 Å². The number of esters is 1. The fourth-order valence-electron chi connectivity index (χ4n) is 2.43. The zero-order valence-electron chi connectivity index (χ0n) is 13.8. The normalized spacial score (nSPS) is 10.5. The zero-order chi connectivity index (χ0) is 17.8. The second kappa shape index (κ2) is 7.04. The Morgan fingerprint density at radius 3 is 2.76 bits per heavy atom. The molecule has 0 amide bonds. The van der Waals surface area contributed by atoms with Crippen LogP contribution in [0.25, 0.3) is 11.3 Å². The Kier molecular flexibility index (Phi) is 4.65. The smallest absolute Gasteiger partial charge is 0.339 e. The highest BCUT2D eigenvalue weighted by Crippen LogP contribution is 2.29. The third-order valence-corrected chi connectivity index (χ3v) is 3.67. The van der Waals surface area contributed by atoms with Crippen LogP contribution in [0, 0.1) is 0 Å². The second-order valence-electron chi connectivity index (χ2n) is 5.25. The van der Waals surface area contributed by atoms with E-state index >= 15 is 0 Å². The number of rotatable bonds is 5. The number of hydrogen-bond donors (Lipinski definition) is 0. The number of benzene rings is 1. The van der Waals surface area contributed by atoms with Gasteiger partial charge in [-0.1, -0.05) is 17.3 Å². The van der Waals surface area contributed by atoms with Gasteiger partial charge in [-0.15, -0.1) is 0 Å². The first-order valence-corrected chi connectivity index (χ1v) is 7.50. The van der Waals surface area contributed by atoms with Crippen molar-refractivity contribution in [2.45, 2.75) is 6.54 Å². The molecular weight excluding hydrogens is 324 g/mol. The first-order chi connectivity index (χ1) is 12.1. The van der Waals surface area contributed by atoms with E-state index in [4.69, 9.17) is 9.26 Å². The van der Waals surface area contributed by atoms with Gasteiger partial charge in [0.1, 0.15) is 11.4 Å². The van der Waals surface area contributed by atoms with Gasteiger partial charge in [0.2, 0.25) is 0 Å². The standard InChI is InChI=1S/C18H16N2O5/c1-23-16-6-4-3-5-14(16)15-9-13(25-19-15)11-20-10-12(18(22)24-2)7-8-17(20)21/h3-10H,11H2,1-2H3. The molecule has 0 saturated heterocycles. The number of para-hydroxylation sites is 1. The molecule has 0 unspecified atom stereocenters. The lowest BCUT2D eigenvalue weighted by molar-refractivity contribution is 0.0599. The van der Waals surface area contributed by atoms with Crippen LogP contribution in [-0.4, -0.2) is 29.9 Å². The Labute approximate surface area is 143 Å². The van der Waals surface area contributed by atoms with Crippen LogP contribution in [0.2, 0.25) is 0 Å². The first-order valence-electron chi connectivity index (χ1n) is 7.50. The van der Waals surface area contributed by atoms with Crippen LogP contribution in [-0.2, 0) is 11.3 Å². The number of ether oxygens (including phenoxy) is 2. The summed E-state index contributed by atoms with van der Waals surface area (Å²) < 4.78 is 16.7. The molecule has 7 nitrogen and oxygen atoms in total. The zero-order valence-corrected chi connectivity index (χ0v) is 13.8. The van der Waals surface area contributed by atoms with Crippen molar-refractivity contribution in [2.24, 2.45) is 0 Å². The average molecular weight is 340 g/mol. The molecule has 0 aliphatic heterocycles. The number of carbonyl (C=O) groups is 1. The van der Waals surface area contributed by atoms with Crippen molar-refractivity contribution in [1.82, 2.24) is 9.72 Å². The molecule has 128 valence electrons. The van der Waals surface area contributed by atoms with Crippen LogP contribution in [0.5, 0.6) is 5.75 Å². The van der Waals surface area contributed by atoms with Crippen LogP contribution in [0.3, 0.4) is 0 Å². The topological polar surface area (TPSA) is 83.6 Å². The summed E-state index contributed by atoms with van der Waals surface area (Å²) in [6.07, 6.45) is 1.43. The molecule has 0 aliphatic rings. The summed E-state index contributed by atoms with van der Waals surface area (Å²) in [5, 5.41) is 4.03. The van der Waals surface area contributed by atoms with Gasteiger partial charge in [0.05, 0.1) is 26.3 Å². The molecule has 3 aromatic rings. The minimum absolute atomic E-state index is 0.145. The molecule has 0 fully saturated rings. The van der Waals surface area contributed by atoms with Crippen molar-refractivity contribution in [3.05, 3.63) is 70.3 Å². The molecule has 0 spiro atoms. The number of nitrogens with zero attached hydrogens (tertiary/aromatic N) is 2. The summed E-state index contributed by atoms with van der Waals surface area (Å²) in [7, 11) is 2.87. The second-order valence-corrected chi connectivity index (χ2v) is 5.25. The van der Waals surface area contributed by atoms with E-state index in [9.17, 15) is 9.59 Å². The predicted molar refractivity (Wildman–Crippen MR) is 89.6 cm³/mol. The molecule has 3 rings (SSSR count). The number of methoxy groups -OCH3 is 2. The summed E-state index contributed by atoms with van der Waals surface area (Å²) in [6.45, 7) is 0.145. The monoisotopic (exact) mass is 340 g/mol. The highest BCUT2D eigenvalue weighted by molar-refractivity contribution is 5.88. The van der Waals surface area contributed by atoms with E-state index in [2.05, 4.69) is 9.89 Å². The van der Waals surface area contributed by atoms with E-state index in [1.54, 1.807) is 13.2 Å². The number of hydrogen-bond acceptors (Lipinski definition) is 6. The molecule has 2 aromatic heterocycles. The van der Waals surface area contributed by atoms with Crippen molar-refractivity contribution in [3.63, 3.8) is 0 Å². The third kappa shape index (κ3) is 3.45. The fourth-order valence-corrected chi connectivity index (χ4v) is 2.43. The highest BCUT2D eigenvalue weighted by atomic mass is 16.5. The SMILES string of the molecule is COC(=O)c1ccc(=O)n(Cc2cc(-c3ccccc3OC)no2)c1. The van der Waals surface area contributed by atoms with Gasteiger partial charge in [-0.25, -0.2) is 4.79 Å². The minimum Gasteiger partial charge on any atom is -0.496 e. The maximum atomic E-state index is 12.0. The Balaban J connectivity index is 1.89. The Bertz CT molecular complexity index is 958. The van der Waals surface area contributed by atoms with Crippen molar-refractivity contribution >= 4 is 5.97 Å². The molecule has 0 radical (unpaired) electrons. The van der Waals surface area contributed by atoms with Gasteiger partial charge < -0.3 is 18.6 Å². The molecule has 2 heterocycles. The molecule has 0 atom stereocenters. The van der Waals surface area contributed by atoms with E-state index in [0.29, 0.717) is 17.2 Å². The molecule has 0 N–H and O–H groups in total. The largest absolute Gasteiger partial charge is 0.496 e. The van der Waals surface area contributed by atoms with E-state index in [-0.39, 0.29) is 17.7 Å². The minimum atomic E-state index is -0.513. The molecular formula is C18H16N2O5. The van der Waals surface area contributed by atoms with Crippen LogP contribution >= 0.6 is 0 Å². The van der Waals surface area contributed by atoms with Gasteiger partial charge in [-0.3, -0.25) is 4.79 Å². The van der Waals surface area contributed by atoms with Gasteiger partial charge in [-0.2, -0.15) is 0 Å². The summed E-state index contributed by atoms with van der Waals surface area (Å²) in [4.78, 5) is 23.6. The van der Waals surface area contributed by atoms with E-state index in [1.807, 2.05) is 24.3 Å². The van der Waals surface area contributed by atoms with Crippen LogP contribution in [0.4, 0.5) is 0 Å². The van der Waals surface area contributed by atoms with Crippen molar-refractivity contribution in [3.8, 4) is 17.0 Å². The fraction of sp³-hybridized carbons (Fsp3) is 0.167. The van der Waals surface area contributed by atoms with Crippen molar-refractivity contribution < 1.29 is 18.8 Å². The number of aromatic nitrogens is 2. The van der Waals surface area contributed by atoms with Crippen molar-refractivity contribution in [1.29, 1.82) is 0 Å². The lowest BCUT2D eigenvalue weighted by Gasteiger charge is -2.05. The summed E-state index contributed by atoms with van der Waals surface area (Å²) in [6, 6.07) is 11.9. The van der Waals surface area contributed by atoms with Gasteiger partial charge in [0.25, 0.3) is 5.56 Å². The lowest BCUT2D eigenvalue weighted by Crippen LogP contribution is -2.20. The summed E-state index contributed by atoms with van der Waals surface area (Å²) in [5.41, 5.74) is 1.41. The lowest BCUT2D eigenvalue weighted by atomic mass is 10.1. The predicted octanol–water partition coefficient (Wildman–Crippen LogP) is 2.35. The Morgan fingerprint density at radius 1 is 1.20 bits per heavy atom. The van der Waals surface area contributed by atoms with Gasteiger partial charge in [-0.05, 0) is 18.2 Å². The number of carbonyl (C=O) groups excluding carboxylic acids is 1. The van der Waals surface area contributed by atoms with Crippen LogP contribution < -0.4 is 10.3 Å². The van der Waals surface area contributed by atoms with E-state index in [0.717, 1.165) is 5.56 Å². The van der Waals surface area contributed by atoms with E-state index in [1.165, 1.54) is 30.0 Å². The van der Waals surface area contributed by atoms with Crippen molar-refractivity contribution in [2.75, 3.05) is 14.2 Å². The molecule has 7 heteroatoms. The quantitative estimate of drug-likeness (QED) is 0.663. The summed E-state index contributed by atoms with van der Waals surface area (Å²) in [5.74, 6) is 0.637. The van der Waals surface area contributed by atoms with E-state index < -0.39 is 5.97 Å².